The van der Waals surface area contributed by atoms with Crippen molar-refractivity contribution in [2.75, 3.05) is 5.32 Å². The van der Waals surface area contributed by atoms with Crippen molar-refractivity contribution in [1.29, 1.82) is 0 Å². The molecule has 94 valence electrons. The second-order valence-corrected chi connectivity index (χ2v) is 4.18. The smallest absolute Gasteiger partial charge is 0.229 e. The number of nitrogens with zero attached hydrogens (tertiary/aromatic N) is 4. The number of amides is 1. The Labute approximate surface area is 109 Å². The summed E-state index contributed by atoms with van der Waals surface area (Å²) < 4.78 is 1.61. The highest BCUT2D eigenvalue weighted by atomic mass is 35.5. The van der Waals surface area contributed by atoms with Gasteiger partial charge >= 0.3 is 0 Å². The van der Waals surface area contributed by atoms with Crippen molar-refractivity contribution in [2.24, 2.45) is 0 Å². The summed E-state index contributed by atoms with van der Waals surface area (Å²) >= 11 is 5.72. The number of rotatable bonds is 4. The minimum Gasteiger partial charge on any atom is -0.294 e. The summed E-state index contributed by atoms with van der Waals surface area (Å²) in [6.45, 7) is 2.30. The van der Waals surface area contributed by atoms with Crippen LogP contribution < -0.4 is 5.32 Å². The molecule has 1 amide bonds. The summed E-state index contributed by atoms with van der Waals surface area (Å²) in [6, 6.07) is 1.77. The molecular weight excluding hydrogens is 254 g/mol. The predicted octanol–water partition coefficient (Wildman–Crippen LogP) is 1.66. The number of carbonyl (C=O) groups excluding carboxylic acids is 1. The molecule has 0 spiro atoms. The normalized spacial score (nSPS) is 10.3. The maximum absolute atomic E-state index is 11.6. The molecule has 2 heterocycles. The van der Waals surface area contributed by atoms with Crippen molar-refractivity contribution >= 4 is 23.5 Å². The molecule has 0 aliphatic heterocycles. The monoisotopic (exact) mass is 265 g/mol. The Morgan fingerprint density at radius 3 is 3.06 bits per heavy atom. The molecular formula is C11H12ClN5O. The van der Waals surface area contributed by atoms with E-state index in [0.29, 0.717) is 17.5 Å². The molecule has 2 aromatic rings. The molecule has 0 aliphatic rings. The van der Waals surface area contributed by atoms with E-state index in [1.54, 1.807) is 23.1 Å². The van der Waals surface area contributed by atoms with Crippen LogP contribution in [0.15, 0.2) is 24.7 Å². The number of hydrogen-bond donors (Lipinski definition) is 1. The van der Waals surface area contributed by atoms with Gasteiger partial charge in [0, 0.05) is 31.1 Å². The first-order chi connectivity index (χ1) is 8.63. The molecule has 0 unspecified atom stereocenters. The maximum Gasteiger partial charge on any atom is 0.229 e. The van der Waals surface area contributed by atoms with E-state index in [9.17, 15) is 4.79 Å². The van der Waals surface area contributed by atoms with Gasteiger partial charge in [-0.15, -0.1) is 0 Å². The van der Waals surface area contributed by atoms with E-state index in [-0.39, 0.29) is 12.3 Å². The topological polar surface area (TPSA) is 72.7 Å². The standard InChI is InChI=1S/C11H12ClN5O/c1-8-2-4-13-11(15-8)16-10(18)3-5-17-7-9(12)6-14-17/h2,4,6-7H,3,5H2,1H3,(H,13,15,16,18). The van der Waals surface area contributed by atoms with Crippen molar-refractivity contribution in [1.82, 2.24) is 19.7 Å². The SMILES string of the molecule is Cc1ccnc(NC(=O)CCn2cc(Cl)cn2)n1. The van der Waals surface area contributed by atoms with E-state index in [4.69, 9.17) is 11.6 Å². The van der Waals surface area contributed by atoms with E-state index < -0.39 is 0 Å². The van der Waals surface area contributed by atoms with E-state index in [0.717, 1.165) is 5.69 Å². The third kappa shape index (κ3) is 3.53. The molecule has 2 rings (SSSR count). The van der Waals surface area contributed by atoms with Crippen molar-refractivity contribution < 1.29 is 4.79 Å². The molecule has 0 aromatic carbocycles. The summed E-state index contributed by atoms with van der Waals surface area (Å²) in [5.41, 5.74) is 0.805. The lowest BCUT2D eigenvalue weighted by Crippen LogP contribution is -2.16. The Balaban J connectivity index is 1.85. The molecule has 0 aliphatic carbocycles. The predicted molar refractivity (Wildman–Crippen MR) is 67.3 cm³/mol. The lowest BCUT2D eigenvalue weighted by atomic mass is 10.4. The highest BCUT2D eigenvalue weighted by Gasteiger charge is 2.05. The fourth-order valence-corrected chi connectivity index (χ4v) is 1.53. The van der Waals surface area contributed by atoms with Crippen LogP contribution in [0.2, 0.25) is 5.02 Å². The van der Waals surface area contributed by atoms with Gasteiger partial charge in [-0.2, -0.15) is 5.10 Å². The van der Waals surface area contributed by atoms with E-state index in [1.807, 2.05) is 6.92 Å². The molecule has 0 atom stereocenters. The van der Waals surface area contributed by atoms with Gasteiger partial charge in [0.25, 0.3) is 0 Å². The van der Waals surface area contributed by atoms with Gasteiger partial charge in [0.15, 0.2) is 0 Å². The molecule has 18 heavy (non-hydrogen) atoms. The van der Waals surface area contributed by atoms with Gasteiger partial charge < -0.3 is 0 Å². The number of carbonyl (C=O) groups is 1. The minimum absolute atomic E-state index is 0.160. The molecule has 2 aromatic heterocycles. The number of anilines is 1. The Hall–Kier alpha value is -1.95. The van der Waals surface area contributed by atoms with Gasteiger partial charge in [0.05, 0.1) is 11.2 Å². The molecule has 0 fully saturated rings. The fraction of sp³-hybridized carbons (Fsp3) is 0.273. The van der Waals surface area contributed by atoms with Crippen LogP contribution in [0, 0.1) is 6.92 Å². The highest BCUT2D eigenvalue weighted by Crippen LogP contribution is 2.05. The van der Waals surface area contributed by atoms with Crippen molar-refractivity contribution in [3.05, 3.63) is 35.4 Å². The summed E-state index contributed by atoms with van der Waals surface area (Å²) in [6.07, 6.45) is 5.08. The lowest BCUT2D eigenvalue weighted by Gasteiger charge is -2.04. The summed E-state index contributed by atoms with van der Waals surface area (Å²) in [4.78, 5) is 19.7. The van der Waals surface area contributed by atoms with Crippen molar-refractivity contribution in [2.45, 2.75) is 19.9 Å². The quantitative estimate of drug-likeness (QED) is 0.913. The van der Waals surface area contributed by atoms with Crippen LogP contribution in [0.25, 0.3) is 0 Å². The van der Waals surface area contributed by atoms with E-state index in [2.05, 4.69) is 20.4 Å². The van der Waals surface area contributed by atoms with Crippen molar-refractivity contribution in [3.8, 4) is 0 Å². The molecule has 0 radical (unpaired) electrons. The van der Waals surface area contributed by atoms with Gasteiger partial charge in [0.1, 0.15) is 0 Å². The average Bonchev–Trinajstić information content (AvgIpc) is 2.73. The largest absolute Gasteiger partial charge is 0.294 e. The van der Waals surface area contributed by atoms with Crippen LogP contribution in [0.4, 0.5) is 5.95 Å². The zero-order chi connectivity index (χ0) is 13.0. The maximum atomic E-state index is 11.6. The Morgan fingerprint density at radius 1 is 1.56 bits per heavy atom. The number of halogens is 1. The van der Waals surface area contributed by atoms with Crippen molar-refractivity contribution in [3.63, 3.8) is 0 Å². The van der Waals surface area contributed by atoms with Crippen LogP contribution >= 0.6 is 11.6 Å². The molecule has 1 N–H and O–H groups in total. The first-order valence-electron chi connectivity index (χ1n) is 5.41. The summed E-state index contributed by atoms with van der Waals surface area (Å²) in [7, 11) is 0. The van der Waals surface area contributed by atoms with Crippen LogP contribution in [-0.2, 0) is 11.3 Å². The molecule has 0 saturated carbocycles. The Bertz CT molecular complexity index is 554. The second kappa shape index (κ2) is 5.59. The summed E-state index contributed by atoms with van der Waals surface area (Å²) in [5, 5.41) is 7.16. The lowest BCUT2D eigenvalue weighted by molar-refractivity contribution is -0.116. The average molecular weight is 266 g/mol. The summed E-state index contributed by atoms with van der Waals surface area (Å²) in [5.74, 6) is 0.158. The van der Waals surface area contributed by atoms with Gasteiger partial charge in [-0.3, -0.25) is 14.8 Å². The first-order valence-corrected chi connectivity index (χ1v) is 5.79. The zero-order valence-corrected chi connectivity index (χ0v) is 10.6. The van der Waals surface area contributed by atoms with Gasteiger partial charge in [0.2, 0.25) is 11.9 Å². The van der Waals surface area contributed by atoms with Crippen LogP contribution in [-0.4, -0.2) is 25.7 Å². The van der Waals surface area contributed by atoms with Crippen LogP contribution in [0.1, 0.15) is 12.1 Å². The second-order valence-electron chi connectivity index (χ2n) is 3.74. The van der Waals surface area contributed by atoms with E-state index >= 15 is 0 Å². The Kier molecular flexibility index (Phi) is 3.88. The third-order valence-corrected chi connectivity index (χ3v) is 2.41. The van der Waals surface area contributed by atoms with Crippen LogP contribution in [0.5, 0.6) is 0 Å². The van der Waals surface area contributed by atoms with Gasteiger partial charge in [-0.1, -0.05) is 11.6 Å². The fourth-order valence-electron chi connectivity index (χ4n) is 1.37. The first kappa shape index (κ1) is 12.5. The molecule has 0 saturated heterocycles. The van der Waals surface area contributed by atoms with Gasteiger partial charge in [-0.05, 0) is 13.0 Å². The number of aryl methyl sites for hydroxylation is 2. The number of hydrogen-bond acceptors (Lipinski definition) is 4. The molecule has 6 nitrogen and oxygen atoms in total. The number of aromatic nitrogens is 4. The van der Waals surface area contributed by atoms with E-state index in [1.165, 1.54) is 6.20 Å². The van der Waals surface area contributed by atoms with Crippen LogP contribution in [0.3, 0.4) is 0 Å². The minimum atomic E-state index is -0.160. The Morgan fingerprint density at radius 2 is 2.39 bits per heavy atom. The number of nitrogens with one attached hydrogen (secondary N) is 1. The highest BCUT2D eigenvalue weighted by molar-refractivity contribution is 6.30. The zero-order valence-electron chi connectivity index (χ0n) is 9.80. The molecule has 0 bridgehead atoms. The van der Waals surface area contributed by atoms with Gasteiger partial charge in [-0.25, -0.2) is 9.97 Å². The molecule has 7 heteroatoms. The third-order valence-electron chi connectivity index (χ3n) is 2.22.